The molecule has 1 unspecified atom stereocenters. The maximum atomic E-state index is 12.5. The fraction of sp³-hybridized carbons (Fsp3) is 0.500. The molecule has 2 heterocycles. The third kappa shape index (κ3) is 3.58. The minimum atomic E-state index is -0.0160. The molecule has 24 heavy (non-hydrogen) atoms. The summed E-state index contributed by atoms with van der Waals surface area (Å²) in [5.41, 5.74) is 3.28. The van der Waals surface area contributed by atoms with Gasteiger partial charge in [-0.1, -0.05) is 6.07 Å². The van der Waals surface area contributed by atoms with Crippen molar-refractivity contribution in [1.29, 1.82) is 0 Å². The van der Waals surface area contributed by atoms with E-state index < -0.39 is 0 Å². The van der Waals surface area contributed by atoms with Gasteiger partial charge in [0.15, 0.2) is 0 Å². The molecule has 0 spiro atoms. The average molecular weight is 327 g/mol. The van der Waals surface area contributed by atoms with Crippen LogP contribution in [0.25, 0.3) is 0 Å². The highest BCUT2D eigenvalue weighted by atomic mass is 16.2. The Hall–Kier alpha value is -2.37. The number of benzene rings is 1. The average Bonchev–Trinajstić information content (AvgIpc) is 3.20. The van der Waals surface area contributed by atoms with Gasteiger partial charge in [-0.15, -0.1) is 10.2 Å². The Labute approximate surface area is 142 Å². The largest absolute Gasteiger partial charge is 0.324 e. The normalized spacial score (nSPS) is 17.3. The zero-order valence-corrected chi connectivity index (χ0v) is 14.6. The van der Waals surface area contributed by atoms with Crippen LogP contribution >= 0.6 is 0 Å². The number of hydrogen-bond donors (Lipinski definition) is 1. The summed E-state index contributed by atoms with van der Waals surface area (Å²) in [6, 6.07) is 6.00. The molecule has 0 radical (unpaired) electrons. The minimum Gasteiger partial charge on any atom is -0.324 e. The summed E-state index contributed by atoms with van der Waals surface area (Å²) in [5, 5.41) is 11.2. The van der Waals surface area contributed by atoms with Gasteiger partial charge in [-0.05, 0) is 56.4 Å². The number of nitrogens with one attached hydrogen (secondary N) is 1. The maximum absolute atomic E-state index is 12.5. The molecular weight excluding hydrogens is 302 g/mol. The number of aromatic nitrogens is 3. The van der Waals surface area contributed by atoms with Crippen LogP contribution in [-0.4, -0.2) is 38.8 Å². The Morgan fingerprint density at radius 3 is 2.92 bits per heavy atom. The van der Waals surface area contributed by atoms with Crippen LogP contribution in [0.5, 0.6) is 0 Å². The van der Waals surface area contributed by atoms with Gasteiger partial charge < -0.3 is 14.8 Å². The number of amides is 2. The molecule has 1 fully saturated rings. The van der Waals surface area contributed by atoms with Gasteiger partial charge >= 0.3 is 6.03 Å². The molecule has 2 aromatic rings. The number of carbonyl (C=O) groups is 1. The van der Waals surface area contributed by atoms with Crippen molar-refractivity contribution in [3.8, 4) is 0 Å². The first-order valence-electron chi connectivity index (χ1n) is 8.56. The van der Waals surface area contributed by atoms with Crippen LogP contribution in [0, 0.1) is 19.8 Å². The Kier molecular flexibility index (Phi) is 4.83. The lowest BCUT2D eigenvalue weighted by Crippen LogP contribution is -2.33. The highest BCUT2D eigenvalue weighted by Gasteiger charge is 2.27. The van der Waals surface area contributed by atoms with Crippen molar-refractivity contribution in [3.63, 3.8) is 0 Å². The summed E-state index contributed by atoms with van der Waals surface area (Å²) >= 11 is 0. The Bertz CT molecular complexity index is 724. The van der Waals surface area contributed by atoms with E-state index in [9.17, 15) is 4.79 Å². The van der Waals surface area contributed by atoms with Crippen molar-refractivity contribution >= 4 is 11.7 Å². The van der Waals surface area contributed by atoms with E-state index in [2.05, 4.69) is 40.9 Å². The molecule has 1 saturated heterocycles. The summed E-state index contributed by atoms with van der Waals surface area (Å²) in [6.07, 6.45) is 3.66. The molecule has 0 aliphatic carbocycles. The van der Waals surface area contributed by atoms with E-state index in [0.717, 1.165) is 44.0 Å². The van der Waals surface area contributed by atoms with Crippen LogP contribution in [0.1, 0.15) is 30.3 Å². The molecule has 3 rings (SSSR count). The van der Waals surface area contributed by atoms with Gasteiger partial charge in [0.25, 0.3) is 0 Å². The van der Waals surface area contributed by atoms with Gasteiger partial charge in [-0.2, -0.15) is 0 Å². The van der Waals surface area contributed by atoms with E-state index in [4.69, 9.17) is 0 Å². The van der Waals surface area contributed by atoms with Crippen LogP contribution in [0.4, 0.5) is 10.5 Å². The SMILES string of the molecule is CCn1cnnc1CC1CCN(C(=O)Nc2ccc(C)c(C)c2)C1. The number of hydrogen-bond acceptors (Lipinski definition) is 3. The zero-order valence-electron chi connectivity index (χ0n) is 14.6. The first kappa shape index (κ1) is 16.5. The minimum absolute atomic E-state index is 0.0160. The van der Waals surface area contributed by atoms with E-state index in [0.29, 0.717) is 5.92 Å². The molecule has 128 valence electrons. The molecule has 0 saturated carbocycles. The molecule has 1 aliphatic heterocycles. The Morgan fingerprint density at radius 1 is 1.33 bits per heavy atom. The van der Waals surface area contributed by atoms with E-state index in [1.165, 1.54) is 11.1 Å². The second kappa shape index (κ2) is 7.03. The third-order valence-electron chi connectivity index (χ3n) is 4.84. The number of rotatable bonds is 4. The van der Waals surface area contributed by atoms with Crippen molar-refractivity contribution in [2.24, 2.45) is 5.92 Å². The Morgan fingerprint density at radius 2 is 2.17 bits per heavy atom. The molecule has 1 N–H and O–H groups in total. The fourth-order valence-electron chi connectivity index (χ4n) is 3.16. The molecule has 1 aliphatic rings. The van der Waals surface area contributed by atoms with Crippen molar-refractivity contribution in [2.45, 2.75) is 40.2 Å². The molecule has 6 nitrogen and oxygen atoms in total. The van der Waals surface area contributed by atoms with Crippen molar-refractivity contribution in [1.82, 2.24) is 19.7 Å². The number of carbonyl (C=O) groups excluding carboxylic acids is 1. The van der Waals surface area contributed by atoms with Crippen LogP contribution in [0.3, 0.4) is 0 Å². The standard InChI is InChI=1S/C18H25N5O/c1-4-22-12-19-21-17(22)10-15-7-8-23(11-15)18(24)20-16-6-5-13(2)14(3)9-16/h5-6,9,12,15H,4,7-8,10-11H2,1-3H3,(H,20,24). The molecule has 1 aromatic heterocycles. The molecule has 6 heteroatoms. The van der Waals surface area contributed by atoms with E-state index in [-0.39, 0.29) is 6.03 Å². The summed E-state index contributed by atoms with van der Waals surface area (Å²) in [6.45, 7) is 8.66. The van der Waals surface area contributed by atoms with Gasteiger partial charge in [0.2, 0.25) is 0 Å². The van der Waals surface area contributed by atoms with Crippen LogP contribution < -0.4 is 5.32 Å². The van der Waals surface area contributed by atoms with Gasteiger partial charge in [-0.3, -0.25) is 0 Å². The Balaban J connectivity index is 1.56. The smallest absolute Gasteiger partial charge is 0.321 e. The van der Waals surface area contributed by atoms with Crippen LogP contribution in [0.15, 0.2) is 24.5 Å². The van der Waals surface area contributed by atoms with Crippen LogP contribution in [-0.2, 0) is 13.0 Å². The van der Waals surface area contributed by atoms with Gasteiger partial charge in [0, 0.05) is 31.7 Å². The zero-order chi connectivity index (χ0) is 17.1. The lowest BCUT2D eigenvalue weighted by atomic mass is 10.0. The highest BCUT2D eigenvalue weighted by Crippen LogP contribution is 2.21. The van der Waals surface area contributed by atoms with Crippen LogP contribution in [0.2, 0.25) is 0 Å². The number of aryl methyl sites for hydroxylation is 3. The maximum Gasteiger partial charge on any atom is 0.321 e. The monoisotopic (exact) mass is 327 g/mol. The summed E-state index contributed by atoms with van der Waals surface area (Å²) in [7, 11) is 0. The quantitative estimate of drug-likeness (QED) is 0.939. The predicted molar refractivity (Wildman–Crippen MR) is 94.0 cm³/mol. The summed E-state index contributed by atoms with van der Waals surface area (Å²) in [5.74, 6) is 1.46. The second-order valence-corrected chi connectivity index (χ2v) is 6.57. The lowest BCUT2D eigenvalue weighted by Gasteiger charge is -2.18. The number of urea groups is 1. The number of nitrogens with zero attached hydrogens (tertiary/aromatic N) is 4. The van der Waals surface area contributed by atoms with Crippen molar-refractivity contribution in [3.05, 3.63) is 41.5 Å². The summed E-state index contributed by atoms with van der Waals surface area (Å²) < 4.78 is 2.07. The molecule has 0 bridgehead atoms. The first-order valence-corrected chi connectivity index (χ1v) is 8.56. The van der Waals surface area contributed by atoms with Gasteiger partial charge in [0.05, 0.1) is 0 Å². The van der Waals surface area contributed by atoms with E-state index in [1.54, 1.807) is 6.33 Å². The second-order valence-electron chi connectivity index (χ2n) is 6.57. The van der Waals surface area contributed by atoms with E-state index in [1.807, 2.05) is 23.1 Å². The molecule has 1 atom stereocenters. The molecular formula is C18H25N5O. The summed E-state index contributed by atoms with van der Waals surface area (Å²) in [4.78, 5) is 14.4. The lowest BCUT2D eigenvalue weighted by molar-refractivity contribution is 0.220. The topological polar surface area (TPSA) is 63.1 Å². The molecule has 2 amide bonds. The molecule has 1 aromatic carbocycles. The number of likely N-dealkylation sites (tertiary alicyclic amines) is 1. The number of anilines is 1. The van der Waals surface area contributed by atoms with Crippen molar-refractivity contribution in [2.75, 3.05) is 18.4 Å². The van der Waals surface area contributed by atoms with Crippen molar-refractivity contribution < 1.29 is 4.79 Å². The fourth-order valence-corrected chi connectivity index (χ4v) is 3.16. The third-order valence-corrected chi connectivity index (χ3v) is 4.84. The van der Waals surface area contributed by atoms with Gasteiger partial charge in [0.1, 0.15) is 12.2 Å². The first-order chi connectivity index (χ1) is 11.6. The van der Waals surface area contributed by atoms with Gasteiger partial charge in [-0.25, -0.2) is 4.79 Å². The van der Waals surface area contributed by atoms with E-state index >= 15 is 0 Å². The predicted octanol–water partition coefficient (Wildman–Crippen LogP) is 3.01. The highest BCUT2D eigenvalue weighted by molar-refractivity contribution is 5.89.